The lowest BCUT2D eigenvalue weighted by Gasteiger charge is -2.12. The van der Waals surface area contributed by atoms with Gasteiger partial charge in [-0.05, 0) is 55.3 Å². The Hall–Kier alpha value is -2.13. The number of aliphatic carboxylic acids is 1. The number of ether oxygens (including phenoxy) is 1. The van der Waals surface area contributed by atoms with Crippen LogP contribution in [-0.4, -0.2) is 26.1 Å². The second-order valence-corrected chi connectivity index (χ2v) is 8.10. The van der Waals surface area contributed by atoms with Crippen LogP contribution in [0.3, 0.4) is 0 Å². The Bertz CT molecular complexity index is 917. The summed E-state index contributed by atoms with van der Waals surface area (Å²) in [6.45, 7) is 1.88. The van der Waals surface area contributed by atoms with Crippen molar-refractivity contribution < 1.29 is 27.4 Å². The maximum Gasteiger partial charge on any atom is 0.303 e. The molecule has 0 aliphatic carbocycles. The zero-order valence-corrected chi connectivity index (χ0v) is 16.2. The van der Waals surface area contributed by atoms with Crippen LogP contribution >= 0.6 is 15.9 Å². The van der Waals surface area contributed by atoms with E-state index < -0.39 is 21.8 Å². The summed E-state index contributed by atoms with van der Waals surface area (Å²) in [4.78, 5) is 10.4. The van der Waals surface area contributed by atoms with Crippen molar-refractivity contribution in [2.45, 2.75) is 24.7 Å². The van der Waals surface area contributed by atoms with Crippen molar-refractivity contribution in [1.82, 2.24) is 0 Å². The van der Waals surface area contributed by atoms with E-state index in [4.69, 9.17) is 9.84 Å². The van der Waals surface area contributed by atoms with Crippen molar-refractivity contribution >= 4 is 37.6 Å². The molecule has 2 aromatic rings. The molecule has 0 bridgehead atoms. The number of carbonyl (C=O) groups is 1. The number of hydrogen-bond donors (Lipinski definition) is 2. The van der Waals surface area contributed by atoms with Gasteiger partial charge >= 0.3 is 5.97 Å². The molecule has 0 fully saturated rings. The molecular weight excluding hydrogens is 429 g/mol. The number of benzene rings is 2. The first-order valence-electron chi connectivity index (χ1n) is 7.62. The minimum Gasteiger partial charge on any atom is -0.493 e. The lowest BCUT2D eigenvalue weighted by molar-refractivity contribution is -0.137. The fraction of sp³-hybridized carbons (Fsp3) is 0.235. The van der Waals surface area contributed by atoms with E-state index in [1.807, 2.05) is 0 Å². The largest absolute Gasteiger partial charge is 0.493 e. The van der Waals surface area contributed by atoms with Crippen molar-refractivity contribution in [1.29, 1.82) is 0 Å². The minimum atomic E-state index is -3.96. The molecule has 140 valence electrons. The highest BCUT2D eigenvalue weighted by molar-refractivity contribution is 9.10. The lowest BCUT2D eigenvalue weighted by atomic mass is 10.2. The van der Waals surface area contributed by atoms with Crippen molar-refractivity contribution in [3.05, 3.63) is 52.3 Å². The number of carboxylic acid groups (broad SMARTS) is 1. The Morgan fingerprint density at radius 3 is 2.62 bits per heavy atom. The van der Waals surface area contributed by atoms with Gasteiger partial charge in [0, 0.05) is 10.9 Å². The minimum absolute atomic E-state index is 0.00577. The first kappa shape index (κ1) is 20.2. The maximum atomic E-state index is 13.9. The fourth-order valence-electron chi connectivity index (χ4n) is 2.13. The van der Waals surface area contributed by atoms with Gasteiger partial charge in [0.1, 0.15) is 11.6 Å². The number of anilines is 1. The van der Waals surface area contributed by atoms with E-state index in [-0.39, 0.29) is 23.6 Å². The SMILES string of the molecule is Cc1cc(S(=O)(=O)Nc2ccc(Br)cc2F)ccc1OCCCC(=O)O. The topological polar surface area (TPSA) is 92.7 Å². The second kappa shape index (κ2) is 8.50. The van der Waals surface area contributed by atoms with Crippen molar-refractivity contribution in [3.63, 3.8) is 0 Å². The van der Waals surface area contributed by atoms with Crippen LogP contribution in [0.4, 0.5) is 10.1 Å². The summed E-state index contributed by atoms with van der Waals surface area (Å²) in [6.07, 6.45) is 0.341. The van der Waals surface area contributed by atoms with Gasteiger partial charge in [0.05, 0.1) is 17.2 Å². The van der Waals surface area contributed by atoms with Gasteiger partial charge in [-0.25, -0.2) is 12.8 Å². The van der Waals surface area contributed by atoms with Gasteiger partial charge in [-0.15, -0.1) is 0 Å². The van der Waals surface area contributed by atoms with Crippen LogP contribution in [0.5, 0.6) is 5.75 Å². The van der Waals surface area contributed by atoms with E-state index in [1.165, 1.54) is 30.3 Å². The van der Waals surface area contributed by atoms with Crippen molar-refractivity contribution in [2.24, 2.45) is 0 Å². The third kappa shape index (κ3) is 5.43. The summed E-state index contributed by atoms with van der Waals surface area (Å²) in [6, 6.07) is 8.26. The zero-order chi connectivity index (χ0) is 19.3. The predicted octanol–water partition coefficient (Wildman–Crippen LogP) is 3.94. The molecule has 0 saturated heterocycles. The zero-order valence-electron chi connectivity index (χ0n) is 13.8. The van der Waals surface area contributed by atoms with E-state index in [0.717, 1.165) is 6.07 Å². The Morgan fingerprint density at radius 2 is 2.00 bits per heavy atom. The van der Waals surface area contributed by atoms with E-state index in [2.05, 4.69) is 20.7 Å². The van der Waals surface area contributed by atoms with Gasteiger partial charge in [-0.1, -0.05) is 15.9 Å². The summed E-state index contributed by atoms with van der Waals surface area (Å²) in [5.74, 6) is -1.14. The maximum absolute atomic E-state index is 13.9. The van der Waals surface area contributed by atoms with Crippen LogP contribution in [0.25, 0.3) is 0 Å². The summed E-state index contributed by atoms with van der Waals surface area (Å²) in [7, 11) is -3.96. The van der Waals surface area contributed by atoms with Gasteiger partial charge in [0.15, 0.2) is 0 Å². The van der Waals surface area contributed by atoms with Crippen LogP contribution < -0.4 is 9.46 Å². The first-order valence-corrected chi connectivity index (χ1v) is 9.90. The standard InChI is InChI=1S/C17H17BrFNO5S/c1-11-9-13(5-7-16(11)25-8-2-3-17(21)22)26(23,24)20-15-6-4-12(18)10-14(15)19/h4-7,9-10,20H,2-3,8H2,1H3,(H,21,22). The van der Waals surface area contributed by atoms with E-state index in [9.17, 15) is 17.6 Å². The molecule has 26 heavy (non-hydrogen) atoms. The Kier molecular flexibility index (Phi) is 6.60. The summed E-state index contributed by atoms with van der Waals surface area (Å²) in [5.41, 5.74) is 0.416. The van der Waals surface area contributed by atoms with Crippen LogP contribution in [0.2, 0.25) is 0 Å². The van der Waals surface area contributed by atoms with Crippen LogP contribution in [0.1, 0.15) is 18.4 Å². The van der Waals surface area contributed by atoms with Crippen LogP contribution in [0, 0.1) is 12.7 Å². The molecule has 0 aliphatic heterocycles. The van der Waals surface area contributed by atoms with Gasteiger partial charge < -0.3 is 9.84 Å². The van der Waals surface area contributed by atoms with E-state index in [0.29, 0.717) is 22.2 Å². The number of hydrogen-bond acceptors (Lipinski definition) is 4. The number of rotatable bonds is 8. The second-order valence-electron chi connectivity index (χ2n) is 5.50. The molecule has 0 amide bonds. The Morgan fingerprint density at radius 1 is 1.27 bits per heavy atom. The first-order chi connectivity index (χ1) is 12.2. The normalized spacial score (nSPS) is 11.2. The molecule has 6 nitrogen and oxygen atoms in total. The summed E-state index contributed by atoms with van der Waals surface area (Å²) >= 11 is 3.11. The average molecular weight is 446 g/mol. The molecule has 0 aliphatic rings. The number of carboxylic acids is 1. The smallest absolute Gasteiger partial charge is 0.303 e. The molecule has 2 N–H and O–H groups in total. The van der Waals surface area contributed by atoms with E-state index >= 15 is 0 Å². The molecule has 9 heteroatoms. The Balaban J connectivity index is 2.12. The van der Waals surface area contributed by atoms with Crippen molar-refractivity contribution in [3.8, 4) is 5.75 Å². The molecule has 0 spiro atoms. The number of aryl methyl sites for hydroxylation is 1. The molecule has 2 rings (SSSR count). The molecule has 0 atom stereocenters. The van der Waals surface area contributed by atoms with Gasteiger partial charge in [-0.2, -0.15) is 0 Å². The molecule has 0 heterocycles. The summed E-state index contributed by atoms with van der Waals surface area (Å²) < 4.78 is 46.9. The fourth-order valence-corrected chi connectivity index (χ4v) is 3.62. The van der Waals surface area contributed by atoms with E-state index in [1.54, 1.807) is 6.92 Å². The lowest BCUT2D eigenvalue weighted by Crippen LogP contribution is -2.14. The predicted molar refractivity (Wildman–Crippen MR) is 98.5 cm³/mol. The van der Waals surface area contributed by atoms with Crippen LogP contribution in [-0.2, 0) is 14.8 Å². The molecular formula is C17H17BrFNO5S. The average Bonchev–Trinajstić information content (AvgIpc) is 2.55. The van der Waals surface area contributed by atoms with Gasteiger partial charge in [-0.3, -0.25) is 9.52 Å². The summed E-state index contributed by atoms with van der Waals surface area (Å²) in [5, 5.41) is 8.59. The quantitative estimate of drug-likeness (QED) is 0.600. The molecule has 0 radical (unpaired) electrons. The third-order valence-electron chi connectivity index (χ3n) is 3.42. The van der Waals surface area contributed by atoms with Crippen molar-refractivity contribution in [2.75, 3.05) is 11.3 Å². The van der Waals surface area contributed by atoms with Gasteiger partial charge in [0.25, 0.3) is 10.0 Å². The number of nitrogens with one attached hydrogen (secondary N) is 1. The van der Waals surface area contributed by atoms with Crippen LogP contribution in [0.15, 0.2) is 45.8 Å². The molecule has 2 aromatic carbocycles. The number of sulfonamides is 1. The highest BCUT2D eigenvalue weighted by Gasteiger charge is 2.18. The Labute approximate surface area is 159 Å². The number of halogens is 2. The highest BCUT2D eigenvalue weighted by atomic mass is 79.9. The molecule has 0 saturated carbocycles. The molecule has 0 aromatic heterocycles. The van der Waals surface area contributed by atoms with Gasteiger partial charge in [0.2, 0.25) is 0 Å². The highest BCUT2D eigenvalue weighted by Crippen LogP contribution is 2.25. The third-order valence-corrected chi connectivity index (χ3v) is 5.28. The monoisotopic (exact) mass is 445 g/mol. The molecule has 0 unspecified atom stereocenters.